The Morgan fingerprint density at radius 2 is 1.68 bits per heavy atom. The molecular weight excluding hydrogens is 521 g/mol. The Hall–Kier alpha value is -2.00. The van der Waals surface area contributed by atoms with Crippen molar-refractivity contribution in [3.63, 3.8) is 0 Å². The van der Waals surface area contributed by atoms with Crippen LogP contribution in [0.15, 0.2) is 42.5 Å². The molecule has 2 atom stereocenters. The van der Waals surface area contributed by atoms with Crippen molar-refractivity contribution < 1.29 is 18.0 Å². The fraction of sp³-hybridized carbons (Fsp3) is 0.391. The first kappa shape index (κ1) is 28.2. The van der Waals surface area contributed by atoms with Crippen LogP contribution in [-0.2, 0) is 26.2 Å². The van der Waals surface area contributed by atoms with E-state index in [0.717, 1.165) is 10.6 Å². The van der Waals surface area contributed by atoms with Crippen LogP contribution in [0.2, 0.25) is 15.1 Å². The van der Waals surface area contributed by atoms with E-state index in [0.29, 0.717) is 17.0 Å². The summed E-state index contributed by atoms with van der Waals surface area (Å²) in [6, 6.07) is 10.3. The van der Waals surface area contributed by atoms with E-state index in [4.69, 9.17) is 34.8 Å². The fourth-order valence-electron chi connectivity index (χ4n) is 3.13. The summed E-state index contributed by atoms with van der Waals surface area (Å²) in [7, 11) is -3.92. The first-order valence-corrected chi connectivity index (χ1v) is 13.6. The molecule has 2 rings (SSSR count). The normalized spacial score (nSPS) is 13.1. The molecule has 0 aliphatic heterocycles. The Labute approximate surface area is 216 Å². The molecular formula is C23H28Cl3N3O4S. The molecule has 7 nitrogen and oxygen atoms in total. The number of halogens is 3. The van der Waals surface area contributed by atoms with Crippen molar-refractivity contribution in [3.05, 3.63) is 63.1 Å². The predicted molar refractivity (Wildman–Crippen MR) is 138 cm³/mol. The highest BCUT2D eigenvalue weighted by Gasteiger charge is 2.31. The summed E-state index contributed by atoms with van der Waals surface area (Å²) in [4.78, 5) is 27.7. The van der Waals surface area contributed by atoms with Gasteiger partial charge in [-0.15, -0.1) is 0 Å². The van der Waals surface area contributed by atoms with Crippen molar-refractivity contribution >= 4 is 62.3 Å². The largest absolute Gasteiger partial charge is 0.352 e. The van der Waals surface area contributed by atoms with Gasteiger partial charge in [-0.1, -0.05) is 59.9 Å². The molecule has 2 aromatic carbocycles. The van der Waals surface area contributed by atoms with Crippen LogP contribution in [0.1, 0.15) is 32.8 Å². The Morgan fingerprint density at radius 3 is 2.26 bits per heavy atom. The molecule has 0 saturated carbocycles. The van der Waals surface area contributed by atoms with Gasteiger partial charge in [0.15, 0.2) is 0 Å². The SMILES string of the molecule is CC[C@H](C)NC(=O)[C@H](C)N(Cc1ccccc1Cl)C(=O)CN(c1cc(Cl)ccc1Cl)S(C)(=O)=O. The summed E-state index contributed by atoms with van der Waals surface area (Å²) < 4.78 is 26.1. The molecule has 0 aliphatic carbocycles. The second-order valence-corrected chi connectivity index (χ2v) is 11.1. The molecule has 0 fully saturated rings. The zero-order valence-corrected chi connectivity index (χ0v) is 22.5. The van der Waals surface area contributed by atoms with Gasteiger partial charge in [-0.3, -0.25) is 13.9 Å². The number of carbonyl (C=O) groups is 2. The molecule has 0 radical (unpaired) electrons. The van der Waals surface area contributed by atoms with E-state index in [1.54, 1.807) is 31.2 Å². The average molecular weight is 549 g/mol. The highest BCUT2D eigenvalue weighted by Crippen LogP contribution is 2.31. The number of benzene rings is 2. The van der Waals surface area contributed by atoms with Crippen molar-refractivity contribution in [3.8, 4) is 0 Å². The van der Waals surface area contributed by atoms with Crippen LogP contribution < -0.4 is 9.62 Å². The molecule has 0 spiro atoms. The Bertz CT molecular complexity index is 1140. The second kappa shape index (κ2) is 12.1. The summed E-state index contributed by atoms with van der Waals surface area (Å²) in [6.07, 6.45) is 1.68. The number of anilines is 1. The van der Waals surface area contributed by atoms with Gasteiger partial charge in [0, 0.05) is 22.6 Å². The molecule has 34 heavy (non-hydrogen) atoms. The van der Waals surface area contributed by atoms with Gasteiger partial charge >= 0.3 is 0 Å². The van der Waals surface area contributed by atoms with E-state index in [1.165, 1.54) is 23.1 Å². The van der Waals surface area contributed by atoms with Crippen LogP contribution >= 0.6 is 34.8 Å². The summed E-state index contributed by atoms with van der Waals surface area (Å²) in [5.74, 6) is -0.963. The lowest BCUT2D eigenvalue weighted by atomic mass is 10.1. The molecule has 2 aromatic rings. The third-order valence-electron chi connectivity index (χ3n) is 5.32. The minimum atomic E-state index is -3.92. The van der Waals surface area contributed by atoms with Gasteiger partial charge in [0.1, 0.15) is 12.6 Å². The first-order chi connectivity index (χ1) is 15.8. The number of sulfonamides is 1. The van der Waals surface area contributed by atoms with Gasteiger partial charge in [-0.2, -0.15) is 0 Å². The van der Waals surface area contributed by atoms with Crippen LogP contribution in [0, 0.1) is 0 Å². The maximum absolute atomic E-state index is 13.5. The molecule has 0 heterocycles. The number of hydrogen-bond acceptors (Lipinski definition) is 4. The van der Waals surface area contributed by atoms with E-state index < -0.39 is 28.5 Å². The molecule has 2 amide bonds. The van der Waals surface area contributed by atoms with E-state index in [1.807, 2.05) is 13.8 Å². The lowest BCUT2D eigenvalue weighted by molar-refractivity contribution is -0.139. The predicted octanol–water partition coefficient (Wildman–Crippen LogP) is 4.74. The number of rotatable bonds is 10. The highest BCUT2D eigenvalue weighted by molar-refractivity contribution is 7.92. The molecule has 0 saturated heterocycles. The number of amides is 2. The highest BCUT2D eigenvalue weighted by atomic mass is 35.5. The Balaban J connectivity index is 2.45. The molecule has 11 heteroatoms. The monoisotopic (exact) mass is 547 g/mol. The van der Waals surface area contributed by atoms with Crippen molar-refractivity contribution in [2.24, 2.45) is 0 Å². The maximum atomic E-state index is 13.5. The van der Waals surface area contributed by atoms with Crippen LogP contribution in [0.5, 0.6) is 0 Å². The molecule has 0 bridgehead atoms. The minimum absolute atomic E-state index is 0.00841. The molecule has 186 valence electrons. The van der Waals surface area contributed by atoms with Crippen LogP contribution in [0.4, 0.5) is 5.69 Å². The lowest BCUT2D eigenvalue weighted by Crippen LogP contribution is -2.52. The third kappa shape index (κ3) is 7.50. The van der Waals surface area contributed by atoms with E-state index in [2.05, 4.69) is 5.32 Å². The minimum Gasteiger partial charge on any atom is -0.352 e. The van der Waals surface area contributed by atoms with Gasteiger partial charge in [0.25, 0.3) is 0 Å². The zero-order valence-electron chi connectivity index (χ0n) is 19.4. The van der Waals surface area contributed by atoms with Gasteiger partial charge in [0.2, 0.25) is 21.8 Å². The molecule has 0 aromatic heterocycles. The van der Waals surface area contributed by atoms with Crippen LogP contribution in [0.3, 0.4) is 0 Å². The van der Waals surface area contributed by atoms with Crippen LogP contribution in [0.25, 0.3) is 0 Å². The standard InChI is InChI=1S/C23H28Cl3N3O4S/c1-5-15(2)27-23(31)16(3)28(13-17-8-6-7-9-19(17)25)22(30)14-29(34(4,32)33)21-12-18(24)10-11-20(21)26/h6-12,15-16H,5,13-14H2,1-4H3,(H,27,31)/t15-,16-/m0/s1. The molecule has 0 unspecified atom stereocenters. The first-order valence-electron chi connectivity index (χ1n) is 10.6. The van der Waals surface area contributed by atoms with E-state index in [-0.39, 0.29) is 34.2 Å². The molecule has 1 N–H and O–H groups in total. The average Bonchev–Trinajstić information content (AvgIpc) is 2.77. The number of hydrogen-bond donors (Lipinski definition) is 1. The van der Waals surface area contributed by atoms with E-state index in [9.17, 15) is 18.0 Å². The zero-order chi connectivity index (χ0) is 25.6. The van der Waals surface area contributed by atoms with Crippen LogP contribution in [-0.4, -0.2) is 50.0 Å². The maximum Gasteiger partial charge on any atom is 0.244 e. The van der Waals surface area contributed by atoms with Crippen molar-refractivity contribution in [2.45, 2.75) is 45.8 Å². The van der Waals surface area contributed by atoms with Gasteiger partial charge in [-0.25, -0.2) is 8.42 Å². The Kier molecular flexibility index (Phi) is 10.1. The van der Waals surface area contributed by atoms with E-state index >= 15 is 0 Å². The fourth-order valence-corrected chi connectivity index (χ4v) is 4.61. The van der Waals surface area contributed by atoms with Crippen molar-refractivity contribution in [1.29, 1.82) is 0 Å². The smallest absolute Gasteiger partial charge is 0.244 e. The number of carbonyl (C=O) groups excluding carboxylic acids is 2. The van der Waals surface area contributed by atoms with Crippen molar-refractivity contribution in [1.82, 2.24) is 10.2 Å². The van der Waals surface area contributed by atoms with Gasteiger partial charge in [-0.05, 0) is 50.1 Å². The summed E-state index contributed by atoms with van der Waals surface area (Å²) >= 11 is 18.6. The number of nitrogens with one attached hydrogen (secondary N) is 1. The summed E-state index contributed by atoms with van der Waals surface area (Å²) in [5.41, 5.74) is 0.687. The van der Waals surface area contributed by atoms with Crippen molar-refractivity contribution in [2.75, 3.05) is 17.1 Å². The summed E-state index contributed by atoms with van der Waals surface area (Å²) in [5, 5.41) is 3.66. The quantitative estimate of drug-likeness (QED) is 0.464. The number of nitrogens with zero attached hydrogens (tertiary/aromatic N) is 2. The van der Waals surface area contributed by atoms with Gasteiger partial charge in [0.05, 0.1) is 17.0 Å². The lowest BCUT2D eigenvalue weighted by Gasteiger charge is -2.32. The second-order valence-electron chi connectivity index (χ2n) is 7.97. The third-order valence-corrected chi connectivity index (χ3v) is 7.37. The molecule has 0 aliphatic rings. The summed E-state index contributed by atoms with van der Waals surface area (Å²) in [6.45, 7) is 4.81. The Morgan fingerprint density at radius 1 is 1.03 bits per heavy atom. The van der Waals surface area contributed by atoms with Gasteiger partial charge < -0.3 is 10.2 Å². The topological polar surface area (TPSA) is 86.8 Å².